The SMILES string of the molecule is COc1cc(/C=C(/C#N)c2ccc(C(=O)O)cc2)cc(Cl)c1OCc1ccc2ccccc2c1. The molecule has 0 radical (unpaired) electrons. The van der Waals surface area contributed by atoms with Crippen LogP contribution < -0.4 is 9.47 Å². The van der Waals surface area contributed by atoms with E-state index in [1.807, 2.05) is 24.3 Å². The zero-order valence-electron chi connectivity index (χ0n) is 18.3. The highest BCUT2D eigenvalue weighted by Crippen LogP contribution is 2.38. The first-order chi connectivity index (χ1) is 16.5. The van der Waals surface area contributed by atoms with Crippen molar-refractivity contribution < 1.29 is 19.4 Å². The number of nitrogens with zero attached hydrogens (tertiary/aromatic N) is 1. The van der Waals surface area contributed by atoms with E-state index in [-0.39, 0.29) is 5.56 Å². The number of carbonyl (C=O) groups is 1. The molecule has 0 unspecified atom stereocenters. The summed E-state index contributed by atoms with van der Waals surface area (Å²) in [5, 5.41) is 21.3. The summed E-state index contributed by atoms with van der Waals surface area (Å²) < 4.78 is 11.5. The van der Waals surface area contributed by atoms with Gasteiger partial charge in [-0.1, -0.05) is 60.1 Å². The van der Waals surface area contributed by atoms with Gasteiger partial charge in [-0.2, -0.15) is 5.26 Å². The predicted molar refractivity (Wildman–Crippen MR) is 133 cm³/mol. The van der Waals surface area contributed by atoms with E-state index in [1.165, 1.54) is 19.2 Å². The van der Waals surface area contributed by atoms with Crippen LogP contribution in [-0.4, -0.2) is 18.2 Å². The minimum absolute atomic E-state index is 0.152. The number of halogens is 1. The lowest BCUT2D eigenvalue weighted by molar-refractivity contribution is 0.0697. The number of nitriles is 1. The van der Waals surface area contributed by atoms with Crippen molar-refractivity contribution in [2.45, 2.75) is 6.61 Å². The number of carboxylic acids is 1. The van der Waals surface area contributed by atoms with Crippen molar-refractivity contribution in [1.82, 2.24) is 0 Å². The maximum Gasteiger partial charge on any atom is 0.335 e. The molecular weight excluding hydrogens is 450 g/mol. The second kappa shape index (κ2) is 10.1. The Bertz CT molecular complexity index is 1440. The average molecular weight is 470 g/mol. The first kappa shape index (κ1) is 22.9. The van der Waals surface area contributed by atoms with Crippen molar-refractivity contribution in [3.8, 4) is 17.6 Å². The highest BCUT2D eigenvalue weighted by Gasteiger charge is 2.13. The van der Waals surface area contributed by atoms with Gasteiger partial charge in [0.1, 0.15) is 6.61 Å². The van der Waals surface area contributed by atoms with Crippen LogP contribution in [0.15, 0.2) is 78.9 Å². The first-order valence-corrected chi connectivity index (χ1v) is 10.8. The molecule has 0 aromatic heterocycles. The highest BCUT2D eigenvalue weighted by atomic mass is 35.5. The van der Waals surface area contributed by atoms with Crippen LogP contribution in [0.1, 0.15) is 27.0 Å². The zero-order valence-corrected chi connectivity index (χ0v) is 19.0. The molecule has 0 atom stereocenters. The summed E-state index contributed by atoms with van der Waals surface area (Å²) in [6, 6.07) is 25.9. The molecule has 4 aromatic carbocycles. The number of ether oxygens (including phenoxy) is 2. The topological polar surface area (TPSA) is 79.5 Å². The summed E-state index contributed by atoms with van der Waals surface area (Å²) in [7, 11) is 1.53. The first-order valence-electron chi connectivity index (χ1n) is 10.4. The number of allylic oxidation sites excluding steroid dienone is 1. The molecule has 5 nitrogen and oxygen atoms in total. The smallest absolute Gasteiger partial charge is 0.335 e. The van der Waals surface area contributed by atoms with Crippen molar-refractivity contribution >= 4 is 40.0 Å². The quantitative estimate of drug-likeness (QED) is 0.236. The van der Waals surface area contributed by atoms with Crippen LogP contribution in [0.25, 0.3) is 22.4 Å². The van der Waals surface area contributed by atoms with Gasteiger partial charge in [0.15, 0.2) is 11.5 Å². The Balaban J connectivity index is 1.59. The number of benzene rings is 4. The normalized spacial score (nSPS) is 11.1. The molecule has 6 heteroatoms. The molecule has 168 valence electrons. The summed E-state index contributed by atoms with van der Waals surface area (Å²) in [5.41, 5.74) is 2.76. The van der Waals surface area contributed by atoms with Gasteiger partial charge in [0.2, 0.25) is 0 Å². The molecule has 0 spiro atoms. The Morgan fingerprint density at radius 3 is 2.38 bits per heavy atom. The molecule has 0 fully saturated rings. The lowest BCUT2D eigenvalue weighted by Crippen LogP contribution is -1.99. The van der Waals surface area contributed by atoms with Gasteiger partial charge in [0.05, 0.1) is 29.3 Å². The molecule has 0 saturated heterocycles. The molecule has 0 saturated carbocycles. The Labute approximate surface area is 202 Å². The van der Waals surface area contributed by atoms with E-state index in [9.17, 15) is 10.1 Å². The van der Waals surface area contributed by atoms with Crippen molar-refractivity contribution in [2.24, 2.45) is 0 Å². The van der Waals surface area contributed by atoms with Gasteiger partial charge in [-0.05, 0) is 63.9 Å². The molecule has 0 heterocycles. The largest absolute Gasteiger partial charge is 0.493 e. The molecule has 0 aliphatic heterocycles. The van der Waals surface area contributed by atoms with Crippen molar-refractivity contribution in [2.75, 3.05) is 7.11 Å². The minimum atomic E-state index is -1.02. The van der Waals surface area contributed by atoms with Crippen molar-refractivity contribution in [3.63, 3.8) is 0 Å². The monoisotopic (exact) mass is 469 g/mol. The summed E-state index contributed by atoms with van der Waals surface area (Å²) in [6.07, 6.45) is 1.66. The molecule has 1 N–H and O–H groups in total. The molecule has 4 rings (SSSR count). The van der Waals surface area contributed by atoms with Gasteiger partial charge < -0.3 is 14.6 Å². The number of hydrogen-bond donors (Lipinski definition) is 1. The third kappa shape index (κ3) is 5.03. The Kier molecular flexibility index (Phi) is 6.82. The van der Waals surface area contributed by atoms with Crippen LogP contribution in [-0.2, 0) is 6.61 Å². The van der Waals surface area contributed by atoms with Gasteiger partial charge in [0.25, 0.3) is 0 Å². The summed E-state index contributed by atoms with van der Waals surface area (Å²) in [6.45, 7) is 0.315. The van der Waals surface area contributed by atoms with Crippen LogP contribution in [0.3, 0.4) is 0 Å². The fourth-order valence-corrected chi connectivity index (χ4v) is 3.86. The second-order valence-electron chi connectivity index (χ2n) is 7.56. The van der Waals surface area contributed by atoms with Crippen LogP contribution >= 0.6 is 11.6 Å². The van der Waals surface area contributed by atoms with E-state index in [1.54, 1.807) is 30.3 Å². The molecule has 0 aliphatic carbocycles. The third-order valence-electron chi connectivity index (χ3n) is 5.32. The van der Waals surface area contributed by atoms with E-state index in [0.29, 0.717) is 39.8 Å². The van der Waals surface area contributed by atoms with Gasteiger partial charge in [-0.25, -0.2) is 4.79 Å². The number of methoxy groups -OCH3 is 1. The number of rotatable bonds is 7. The van der Waals surface area contributed by atoms with Crippen molar-refractivity contribution in [3.05, 3.63) is 106 Å². The molecule has 4 aromatic rings. The van der Waals surface area contributed by atoms with Gasteiger partial charge in [-0.15, -0.1) is 0 Å². The zero-order chi connectivity index (χ0) is 24.1. The Morgan fingerprint density at radius 2 is 1.71 bits per heavy atom. The maximum atomic E-state index is 11.1. The maximum absolute atomic E-state index is 11.1. The van der Waals surface area contributed by atoms with E-state index in [0.717, 1.165) is 16.3 Å². The van der Waals surface area contributed by atoms with E-state index in [2.05, 4.69) is 24.3 Å². The van der Waals surface area contributed by atoms with Crippen LogP contribution in [0.4, 0.5) is 0 Å². The molecule has 0 bridgehead atoms. The van der Waals surface area contributed by atoms with Crippen LogP contribution in [0.5, 0.6) is 11.5 Å². The molecular formula is C28H20ClNO4. The summed E-state index contributed by atoms with van der Waals surface area (Å²) in [4.78, 5) is 11.1. The Morgan fingerprint density at radius 1 is 1.00 bits per heavy atom. The lowest BCUT2D eigenvalue weighted by atomic mass is 10.0. The second-order valence-corrected chi connectivity index (χ2v) is 7.96. The summed E-state index contributed by atoms with van der Waals surface area (Å²) >= 11 is 6.52. The van der Waals surface area contributed by atoms with Gasteiger partial charge >= 0.3 is 5.97 Å². The minimum Gasteiger partial charge on any atom is -0.493 e. The fourth-order valence-electron chi connectivity index (χ4n) is 3.59. The lowest BCUT2D eigenvalue weighted by Gasteiger charge is -2.14. The average Bonchev–Trinajstić information content (AvgIpc) is 2.86. The molecule has 0 amide bonds. The van der Waals surface area contributed by atoms with Gasteiger partial charge in [0, 0.05) is 0 Å². The Hall–Kier alpha value is -4.27. The summed E-state index contributed by atoms with van der Waals surface area (Å²) in [5.74, 6) is -0.165. The van der Waals surface area contributed by atoms with E-state index < -0.39 is 5.97 Å². The van der Waals surface area contributed by atoms with Crippen LogP contribution in [0, 0.1) is 11.3 Å². The van der Waals surface area contributed by atoms with Crippen LogP contribution in [0.2, 0.25) is 5.02 Å². The molecule has 34 heavy (non-hydrogen) atoms. The number of fused-ring (bicyclic) bond motifs is 1. The third-order valence-corrected chi connectivity index (χ3v) is 5.60. The van der Waals surface area contributed by atoms with Gasteiger partial charge in [-0.3, -0.25) is 0 Å². The number of hydrogen-bond acceptors (Lipinski definition) is 4. The number of aromatic carboxylic acids is 1. The highest BCUT2D eigenvalue weighted by molar-refractivity contribution is 6.32. The van der Waals surface area contributed by atoms with E-state index in [4.69, 9.17) is 26.2 Å². The predicted octanol–water partition coefficient (Wildman–Crippen LogP) is 6.84. The van der Waals surface area contributed by atoms with Crippen molar-refractivity contribution in [1.29, 1.82) is 5.26 Å². The number of carboxylic acid groups (broad SMARTS) is 1. The fraction of sp³-hybridized carbons (Fsp3) is 0.0714. The standard InChI is InChI=1S/C28H20ClNO4/c1-33-26-15-19(13-24(16-30)21-8-10-22(11-9-21)28(31)32)14-25(29)27(26)34-17-18-6-7-20-4-2-3-5-23(20)12-18/h2-15H,17H2,1H3,(H,31,32)/b24-13-. The molecule has 0 aliphatic rings. The van der Waals surface area contributed by atoms with E-state index >= 15 is 0 Å².